The Morgan fingerprint density at radius 3 is 2.81 bits per heavy atom. The second-order valence-corrected chi connectivity index (χ2v) is 3.28. The average Bonchev–Trinajstić information content (AvgIpc) is 2.26. The molecule has 1 atom stereocenters. The van der Waals surface area contributed by atoms with Gasteiger partial charge in [0.15, 0.2) is 0 Å². The Bertz CT molecular complexity index is 455. The van der Waals surface area contributed by atoms with E-state index in [1.54, 1.807) is 6.92 Å². The maximum Gasteiger partial charge on any atom is 0.299 e. The molecule has 1 aromatic rings. The van der Waals surface area contributed by atoms with Crippen molar-refractivity contribution < 1.29 is 9.53 Å². The van der Waals surface area contributed by atoms with Gasteiger partial charge in [0.05, 0.1) is 7.11 Å². The van der Waals surface area contributed by atoms with Crippen molar-refractivity contribution in [3.8, 4) is 6.01 Å². The SMILES string of the molecule is COc1nc(C)cc(=O)n1C(C)C(=O)NN. The number of nitrogens with zero attached hydrogens (tertiary/aromatic N) is 2. The largest absolute Gasteiger partial charge is 0.468 e. The van der Waals surface area contributed by atoms with Gasteiger partial charge in [-0.05, 0) is 13.8 Å². The molecule has 1 rings (SSSR count). The molecule has 16 heavy (non-hydrogen) atoms. The summed E-state index contributed by atoms with van der Waals surface area (Å²) in [4.78, 5) is 27.1. The molecule has 0 aliphatic carbocycles. The molecule has 0 saturated heterocycles. The number of nitrogens with one attached hydrogen (secondary N) is 1. The zero-order valence-corrected chi connectivity index (χ0v) is 9.35. The van der Waals surface area contributed by atoms with Crippen molar-refractivity contribution in [2.45, 2.75) is 19.9 Å². The third-order valence-electron chi connectivity index (χ3n) is 2.14. The zero-order valence-electron chi connectivity index (χ0n) is 9.35. The first-order valence-corrected chi connectivity index (χ1v) is 4.66. The van der Waals surface area contributed by atoms with Crippen LogP contribution in [0.4, 0.5) is 0 Å². The van der Waals surface area contributed by atoms with Gasteiger partial charge in [0, 0.05) is 11.8 Å². The second-order valence-electron chi connectivity index (χ2n) is 3.28. The molecule has 1 amide bonds. The molecule has 7 heteroatoms. The van der Waals surface area contributed by atoms with Gasteiger partial charge >= 0.3 is 0 Å². The van der Waals surface area contributed by atoms with Gasteiger partial charge in [0.1, 0.15) is 6.04 Å². The summed E-state index contributed by atoms with van der Waals surface area (Å²) in [5.74, 6) is 4.51. The lowest BCUT2D eigenvalue weighted by molar-refractivity contribution is -0.124. The monoisotopic (exact) mass is 226 g/mol. The molecule has 1 unspecified atom stereocenters. The first-order valence-electron chi connectivity index (χ1n) is 4.66. The number of rotatable bonds is 3. The van der Waals surface area contributed by atoms with Crippen molar-refractivity contribution in [1.29, 1.82) is 0 Å². The van der Waals surface area contributed by atoms with E-state index in [0.717, 1.165) is 4.57 Å². The number of hydrogen-bond donors (Lipinski definition) is 2. The van der Waals surface area contributed by atoms with Crippen molar-refractivity contribution in [2.75, 3.05) is 7.11 Å². The fraction of sp³-hybridized carbons (Fsp3) is 0.444. The van der Waals surface area contributed by atoms with Crippen LogP contribution in [0, 0.1) is 6.92 Å². The lowest BCUT2D eigenvalue weighted by Crippen LogP contribution is -2.39. The minimum absolute atomic E-state index is 0.0844. The third kappa shape index (κ3) is 2.19. The predicted molar refractivity (Wildman–Crippen MR) is 56.8 cm³/mol. The molecule has 0 spiro atoms. The lowest BCUT2D eigenvalue weighted by atomic mass is 10.3. The van der Waals surface area contributed by atoms with Crippen LogP contribution in [0.25, 0.3) is 0 Å². The van der Waals surface area contributed by atoms with Gasteiger partial charge < -0.3 is 4.74 Å². The van der Waals surface area contributed by atoms with Gasteiger partial charge in [-0.2, -0.15) is 0 Å². The Balaban J connectivity index is 3.32. The number of aromatic nitrogens is 2. The summed E-state index contributed by atoms with van der Waals surface area (Å²) in [5.41, 5.74) is 2.14. The van der Waals surface area contributed by atoms with Crippen molar-refractivity contribution in [1.82, 2.24) is 15.0 Å². The molecule has 0 aromatic carbocycles. The summed E-state index contributed by atoms with van der Waals surface area (Å²) in [6.07, 6.45) is 0. The van der Waals surface area contributed by atoms with Crippen LogP contribution in [-0.2, 0) is 4.79 Å². The predicted octanol–water partition coefficient (Wildman–Crippen LogP) is -0.889. The molecule has 0 radical (unpaired) electrons. The van der Waals surface area contributed by atoms with E-state index in [4.69, 9.17) is 10.6 Å². The summed E-state index contributed by atoms with van der Waals surface area (Å²) >= 11 is 0. The summed E-state index contributed by atoms with van der Waals surface area (Å²) in [6, 6.07) is 0.629. The molecule has 0 bridgehead atoms. The molecule has 7 nitrogen and oxygen atoms in total. The number of methoxy groups -OCH3 is 1. The van der Waals surface area contributed by atoms with Crippen LogP contribution < -0.4 is 21.6 Å². The van der Waals surface area contributed by atoms with Crippen molar-refractivity contribution >= 4 is 5.91 Å². The molecule has 0 saturated carbocycles. The van der Waals surface area contributed by atoms with E-state index in [1.165, 1.54) is 20.1 Å². The van der Waals surface area contributed by atoms with Gasteiger partial charge in [0.25, 0.3) is 17.5 Å². The van der Waals surface area contributed by atoms with E-state index in [0.29, 0.717) is 5.69 Å². The number of carbonyl (C=O) groups excluding carboxylic acids is 1. The quantitative estimate of drug-likeness (QED) is 0.396. The average molecular weight is 226 g/mol. The molecule has 0 aliphatic rings. The van der Waals surface area contributed by atoms with E-state index in [-0.39, 0.29) is 11.6 Å². The van der Waals surface area contributed by atoms with Gasteiger partial charge in [0.2, 0.25) is 0 Å². The highest BCUT2D eigenvalue weighted by atomic mass is 16.5. The first kappa shape index (κ1) is 12.2. The standard InChI is InChI=1S/C9H14N4O3/c1-5-4-7(14)13(9(11-5)16-3)6(2)8(15)12-10/h4,6H,10H2,1-3H3,(H,12,15). The van der Waals surface area contributed by atoms with Crippen LogP contribution in [0.2, 0.25) is 0 Å². The molecular weight excluding hydrogens is 212 g/mol. The Labute approximate surface area is 92.2 Å². The highest BCUT2D eigenvalue weighted by molar-refractivity contribution is 5.79. The van der Waals surface area contributed by atoms with Gasteiger partial charge in [-0.25, -0.2) is 15.4 Å². The van der Waals surface area contributed by atoms with E-state index >= 15 is 0 Å². The number of nitrogens with two attached hydrogens (primary N) is 1. The number of amides is 1. The highest BCUT2D eigenvalue weighted by Crippen LogP contribution is 2.11. The van der Waals surface area contributed by atoms with Gasteiger partial charge in [-0.3, -0.25) is 15.0 Å². The molecular formula is C9H14N4O3. The number of hydrazine groups is 1. The van der Waals surface area contributed by atoms with Gasteiger partial charge in [-0.1, -0.05) is 0 Å². The Hall–Kier alpha value is -1.89. The fourth-order valence-corrected chi connectivity index (χ4v) is 1.32. The molecule has 88 valence electrons. The van der Waals surface area contributed by atoms with Crippen LogP contribution in [0.5, 0.6) is 6.01 Å². The topological polar surface area (TPSA) is 99.2 Å². The molecule has 1 aromatic heterocycles. The van der Waals surface area contributed by atoms with Crippen LogP contribution in [0.15, 0.2) is 10.9 Å². The highest BCUT2D eigenvalue weighted by Gasteiger charge is 2.19. The number of carbonyl (C=O) groups is 1. The van der Waals surface area contributed by atoms with Crippen molar-refractivity contribution in [3.05, 3.63) is 22.1 Å². The fourth-order valence-electron chi connectivity index (χ4n) is 1.32. The minimum atomic E-state index is -0.777. The third-order valence-corrected chi connectivity index (χ3v) is 2.14. The molecule has 3 N–H and O–H groups in total. The Morgan fingerprint density at radius 1 is 1.69 bits per heavy atom. The van der Waals surface area contributed by atoms with E-state index < -0.39 is 11.9 Å². The van der Waals surface area contributed by atoms with Crippen LogP contribution >= 0.6 is 0 Å². The summed E-state index contributed by atoms with van der Waals surface area (Å²) < 4.78 is 6.09. The van der Waals surface area contributed by atoms with E-state index in [1.807, 2.05) is 5.43 Å². The summed E-state index contributed by atoms with van der Waals surface area (Å²) in [6.45, 7) is 3.20. The second kappa shape index (κ2) is 4.75. The number of hydrogen-bond acceptors (Lipinski definition) is 5. The summed E-state index contributed by atoms with van der Waals surface area (Å²) in [5, 5.41) is 0. The first-order chi connectivity index (χ1) is 7.51. The van der Waals surface area contributed by atoms with Crippen LogP contribution in [0.1, 0.15) is 18.7 Å². The Morgan fingerprint density at radius 2 is 2.31 bits per heavy atom. The van der Waals surface area contributed by atoms with E-state index in [2.05, 4.69) is 4.98 Å². The van der Waals surface area contributed by atoms with E-state index in [9.17, 15) is 9.59 Å². The zero-order chi connectivity index (χ0) is 12.3. The Kier molecular flexibility index (Phi) is 3.62. The molecule has 0 fully saturated rings. The normalized spacial score (nSPS) is 12.0. The maximum absolute atomic E-state index is 11.7. The van der Waals surface area contributed by atoms with Gasteiger partial charge in [-0.15, -0.1) is 0 Å². The van der Waals surface area contributed by atoms with Crippen molar-refractivity contribution in [3.63, 3.8) is 0 Å². The van der Waals surface area contributed by atoms with Crippen molar-refractivity contribution in [2.24, 2.45) is 5.84 Å². The lowest BCUT2D eigenvalue weighted by Gasteiger charge is -2.16. The maximum atomic E-state index is 11.7. The molecule has 1 heterocycles. The number of aryl methyl sites for hydroxylation is 1. The minimum Gasteiger partial charge on any atom is -0.468 e. The van der Waals surface area contributed by atoms with Crippen LogP contribution in [-0.4, -0.2) is 22.6 Å². The number of ether oxygens (including phenoxy) is 1. The molecule has 0 aliphatic heterocycles. The summed E-state index contributed by atoms with van der Waals surface area (Å²) in [7, 11) is 1.38. The van der Waals surface area contributed by atoms with Crippen LogP contribution in [0.3, 0.4) is 0 Å². The smallest absolute Gasteiger partial charge is 0.299 e.